The fourth-order valence-corrected chi connectivity index (χ4v) is 7.56. The van der Waals surface area contributed by atoms with Crippen molar-refractivity contribution < 1.29 is 112 Å². The molecule has 0 radical (unpaired) electrons. The standard InChI is InChI=1S/C13H21NO5.C12H23NO5.2C6H13NO3.C2HF3O2.C2H4O2.ClH2N.ClH/c1-8-10-11(9(5-14)6-17-8)19-13(3,16-4)12(2,7-15)18-10;1-11(7-15)12(2,16-3)18-10-8(6-14)4-13-5-9(10)17-11;2*8-3-4-1-7-2-5(9)6(4)10;3-2(4,5)1(6)7;1-2(3)4;1-2;/h8-11,15H,6-7H2,1-4H3;8-10,13-15H,4-7H2,1-3H3;2*4-10H,1-3H2;(H,6,7);1H3,(H,3,4);2H2;1H/t8-,9+,10+,11+,12+,13-;8-,9-,10-,11-,12+;2*4-,5-,6-;;;;/m0111..../s1. The summed E-state index contributed by atoms with van der Waals surface area (Å²) >= 11 is 4.14. The number of carboxylic acids is 2. The minimum absolute atomic E-state index is 0. The van der Waals surface area contributed by atoms with Gasteiger partial charge in [-0.3, -0.25) is 4.79 Å². The van der Waals surface area contributed by atoms with Gasteiger partial charge in [-0.15, -0.1) is 12.4 Å². The maximum atomic E-state index is 10.6. The number of hydrogen-bond acceptors (Lipinski definition) is 23. The fraction of sp³-hybridized carbons (Fsp3) is 0.927. The number of halogens is 5. The molecule has 6 fully saturated rings. The summed E-state index contributed by atoms with van der Waals surface area (Å²) < 4.78 is 72.1. The molecule has 6 aliphatic rings. The van der Waals surface area contributed by atoms with Crippen LogP contribution in [0.15, 0.2) is 0 Å². The van der Waals surface area contributed by atoms with Crippen LogP contribution in [0, 0.1) is 35.0 Å². The Hall–Kier alpha value is -2.00. The quantitative estimate of drug-likeness (QED) is 0.111. The summed E-state index contributed by atoms with van der Waals surface area (Å²) in [5, 5.41) is 119. The van der Waals surface area contributed by atoms with E-state index in [1.54, 1.807) is 27.7 Å². The average molecular weight is 1090 g/mol. The van der Waals surface area contributed by atoms with Gasteiger partial charge in [0, 0.05) is 98.0 Å². The lowest BCUT2D eigenvalue weighted by Gasteiger charge is -2.55. The third kappa shape index (κ3) is 20.2. The molecule has 0 amide bonds. The van der Waals surface area contributed by atoms with Crippen LogP contribution in [0.1, 0.15) is 41.5 Å². The van der Waals surface area contributed by atoms with E-state index in [2.05, 4.69) is 39.0 Å². The highest BCUT2D eigenvalue weighted by Gasteiger charge is 2.60. The fourth-order valence-electron chi connectivity index (χ4n) is 7.56. The van der Waals surface area contributed by atoms with Crippen molar-refractivity contribution in [2.75, 3.05) is 93.1 Å². The van der Waals surface area contributed by atoms with E-state index in [4.69, 9.17) is 73.4 Å². The SMILES string of the molecule is CC(=O)O.CO[C@@]1(C)O[C@@H]2[C@@H](CO)CNC[C@H]2O[C@]1(C)CO.CO[C@@]1(C)O[C@H]2[C@H](O[C@]1(C)CO)[C@H](C)OC[C@H]2C#N.Cl.NCl.O=C(O)C(F)(F)F.OC[C@H]1CNC[C@@H](O)[C@@H]1O.OC[C@H]1CNC[C@@H](O)[C@@H]1O. The van der Waals surface area contributed by atoms with Crippen LogP contribution < -0.4 is 21.2 Å². The Bertz CT molecular complexity index is 1530. The first-order valence-electron chi connectivity index (χ1n) is 22.0. The van der Waals surface area contributed by atoms with Crippen LogP contribution in [0.3, 0.4) is 0 Å². The van der Waals surface area contributed by atoms with E-state index in [0.717, 1.165) is 6.92 Å². The van der Waals surface area contributed by atoms with Crippen LogP contribution in [0.25, 0.3) is 0 Å². The second-order valence-electron chi connectivity index (χ2n) is 17.5. The number of nitrogens with zero attached hydrogens (tertiary/aromatic N) is 1. The van der Waals surface area contributed by atoms with Crippen molar-refractivity contribution >= 4 is 36.1 Å². The molecule has 0 bridgehead atoms. The summed E-state index contributed by atoms with van der Waals surface area (Å²) in [7, 11) is 3.04. The number of aliphatic carboxylic acids is 2. The first-order valence-corrected chi connectivity index (χ1v) is 22.4. The third-order valence-corrected chi connectivity index (χ3v) is 12.5. The lowest BCUT2D eigenvalue weighted by atomic mass is 9.87. The molecule has 16 N–H and O–H groups in total. The summed E-state index contributed by atoms with van der Waals surface area (Å²) in [5.74, 6) is -6.58. The zero-order valence-corrected chi connectivity index (χ0v) is 42.6. The number of carboxylic acid groups (broad SMARTS) is 2. The van der Waals surface area contributed by atoms with Gasteiger partial charge in [0.25, 0.3) is 5.97 Å². The molecule has 6 heterocycles. The predicted molar refractivity (Wildman–Crippen MR) is 244 cm³/mol. The van der Waals surface area contributed by atoms with Gasteiger partial charge in [0.1, 0.15) is 23.4 Å². The maximum Gasteiger partial charge on any atom is 0.490 e. The number of nitrogens with two attached hydrogens (primary N) is 1. The minimum atomic E-state index is -5.08. The number of β-amino-alcohol motifs (C(OH)–C–C–N with tert-alkyl or cyclic N) is 2. The van der Waals surface area contributed by atoms with E-state index in [-0.39, 0.29) is 81.5 Å². The number of carbonyl (C=O) groups is 2. The highest BCUT2D eigenvalue weighted by molar-refractivity contribution is 6.11. The minimum Gasteiger partial charge on any atom is -0.481 e. The second kappa shape index (κ2) is 33.1. The maximum absolute atomic E-state index is 10.6. The number of hydrogen-bond donors (Lipinski definition) is 15. The van der Waals surface area contributed by atoms with Gasteiger partial charge in [-0.05, 0) is 46.4 Å². The van der Waals surface area contributed by atoms with E-state index in [1.807, 2.05) is 6.92 Å². The molecule has 0 saturated carbocycles. The number of rotatable bonds is 7. The first kappa shape index (κ1) is 71.1. The molecule has 6 rings (SSSR count). The van der Waals surface area contributed by atoms with Crippen molar-refractivity contribution in [2.45, 2.75) is 125 Å². The number of ether oxygens (including phenoxy) is 7. The van der Waals surface area contributed by atoms with E-state index in [9.17, 15) is 44.0 Å². The van der Waals surface area contributed by atoms with Crippen molar-refractivity contribution in [2.24, 2.45) is 28.9 Å². The number of aliphatic hydroxyl groups is 9. The monoisotopic (exact) mass is 1090 g/mol. The molecule has 0 aromatic carbocycles. The van der Waals surface area contributed by atoms with Crippen LogP contribution >= 0.6 is 24.2 Å². The molecule has 6 saturated heterocycles. The summed E-state index contributed by atoms with van der Waals surface area (Å²) in [6.07, 6.45) is -9.50. The molecule has 0 aromatic rings. The Morgan fingerprint density at radius 1 is 0.704 bits per heavy atom. The number of nitriles is 1. The highest BCUT2D eigenvalue weighted by Crippen LogP contribution is 2.43. The Morgan fingerprint density at radius 3 is 1.41 bits per heavy atom. The lowest BCUT2D eigenvalue weighted by Crippen LogP contribution is -2.70. The van der Waals surface area contributed by atoms with E-state index in [1.165, 1.54) is 14.2 Å². The number of fused-ring (bicyclic) bond motifs is 2. The van der Waals surface area contributed by atoms with Gasteiger partial charge in [-0.25, -0.2) is 10.0 Å². The molecule has 6 aliphatic heterocycles. The first-order chi connectivity index (χ1) is 32.6. The lowest BCUT2D eigenvalue weighted by molar-refractivity contribution is -0.412. The molecule has 30 heteroatoms. The molecule has 71 heavy (non-hydrogen) atoms. The number of methoxy groups -OCH3 is 2. The molecule has 0 aliphatic carbocycles. The Morgan fingerprint density at radius 2 is 1.07 bits per heavy atom. The van der Waals surface area contributed by atoms with E-state index >= 15 is 0 Å². The predicted octanol–water partition coefficient (Wildman–Crippen LogP) is -3.38. The Labute approximate surface area is 422 Å². The zero-order chi connectivity index (χ0) is 54.4. The van der Waals surface area contributed by atoms with E-state index in [0.29, 0.717) is 45.9 Å². The molecule has 0 unspecified atom stereocenters. The molecule has 17 atom stereocenters. The van der Waals surface area contributed by atoms with Crippen molar-refractivity contribution in [3.63, 3.8) is 0 Å². The summed E-state index contributed by atoms with van der Waals surface area (Å²) in [5.41, 5.74) is -1.92. The van der Waals surface area contributed by atoms with Gasteiger partial charge >= 0.3 is 12.1 Å². The average Bonchev–Trinajstić information content (AvgIpc) is 3.32. The van der Waals surface area contributed by atoms with Crippen LogP contribution in [0.5, 0.6) is 0 Å². The molecule has 422 valence electrons. The number of alkyl halides is 3. The second-order valence-corrected chi connectivity index (χ2v) is 17.5. The number of piperidine rings is 3. The van der Waals surface area contributed by atoms with Crippen molar-refractivity contribution in [3.05, 3.63) is 0 Å². The zero-order valence-electron chi connectivity index (χ0n) is 41.0. The van der Waals surface area contributed by atoms with Gasteiger partial charge in [0.15, 0.2) is 11.6 Å². The van der Waals surface area contributed by atoms with Gasteiger partial charge in [-0.2, -0.15) is 18.4 Å². The van der Waals surface area contributed by atoms with Crippen LogP contribution in [0.2, 0.25) is 0 Å². The van der Waals surface area contributed by atoms with Gasteiger partial charge in [0.05, 0.1) is 74.5 Å². The Balaban J connectivity index is 0. The van der Waals surface area contributed by atoms with Gasteiger partial charge < -0.3 is 105 Å². The molecular weight excluding hydrogens is 1010 g/mol. The van der Waals surface area contributed by atoms with Crippen molar-refractivity contribution in [3.8, 4) is 6.07 Å². The normalized spacial score (nSPS) is 39.1. The van der Waals surface area contributed by atoms with Gasteiger partial charge in [0.2, 0.25) is 0 Å². The summed E-state index contributed by atoms with van der Waals surface area (Å²) in [4.78, 5) is 17.9. The molecular formula is C41H78Cl2F3N5O20. The van der Waals surface area contributed by atoms with Crippen LogP contribution in [0.4, 0.5) is 13.2 Å². The van der Waals surface area contributed by atoms with Gasteiger partial charge in [-0.1, -0.05) is 0 Å². The van der Waals surface area contributed by atoms with Crippen molar-refractivity contribution in [1.82, 2.24) is 16.0 Å². The largest absolute Gasteiger partial charge is 0.490 e. The van der Waals surface area contributed by atoms with Crippen LogP contribution in [-0.4, -0.2) is 245 Å². The highest BCUT2D eigenvalue weighted by atomic mass is 35.5. The molecule has 25 nitrogen and oxygen atoms in total. The van der Waals surface area contributed by atoms with Crippen LogP contribution in [-0.2, 0) is 42.7 Å². The topological polar surface area (TPSA) is 407 Å². The van der Waals surface area contributed by atoms with E-state index < -0.39 is 83.4 Å². The smallest absolute Gasteiger partial charge is 0.481 e. The Kier molecular flexibility index (Phi) is 33.2. The summed E-state index contributed by atoms with van der Waals surface area (Å²) in [6.45, 7) is 13.0. The molecule has 0 aromatic heterocycles. The number of aliphatic hydroxyl groups excluding tert-OH is 9. The number of nitrogens with one attached hydrogen (secondary N) is 3. The summed E-state index contributed by atoms with van der Waals surface area (Å²) in [6, 6.07) is 2.18. The molecule has 0 spiro atoms. The van der Waals surface area contributed by atoms with Crippen molar-refractivity contribution in [1.29, 1.82) is 5.26 Å². The third-order valence-electron chi connectivity index (χ3n) is 12.5.